The molecule has 0 saturated heterocycles. The van der Waals surface area contributed by atoms with Crippen molar-refractivity contribution in [1.29, 1.82) is 0 Å². The predicted octanol–water partition coefficient (Wildman–Crippen LogP) is 4.02. The molecule has 0 spiro atoms. The number of halogens is 3. The molecule has 1 aromatic carbocycles. The van der Waals surface area contributed by atoms with Crippen LogP contribution in [0.1, 0.15) is 27.3 Å². The molecule has 0 aliphatic carbocycles. The predicted molar refractivity (Wildman–Crippen MR) is 80.5 cm³/mol. The third-order valence-electron chi connectivity index (χ3n) is 3.53. The Balaban J connectivity index is 1.74. The van der Waals surface area contributed by atoms with E-state index in [1.165, 1.54) is 12.1 Å². The number of esters is 1. The number of carbonyl (C=O) groups excluding carboxylic acids is 1. The highest BCUT2D eigenvalue weighted by atomic mass is 19.4. The molecule has 0 radical (unpaired) electrons. The lowest BCUT2D eigenvalue weighted by atomic mass is 10.1. The minimum absolute atomic E-state index is 0.108. The van der Waals surface area contributed by atoms with Gasteiger partial charge in [0.05, 0.1) is 5.56 Å². The fraction of sp³-hybridized carbons (Fsp3) is 0.176. The minimum atomic E-state index is -4.43. The number of aryl methyl sites for hydroxylation is 1. The van der Waals surface area contributed by atoms with Crippen LogP contribution in [0.15, 0.2) is 48.7 Å². The smallest absolute Gasteiger partial charge is 0.416 e. The molecular weight excluding hydrogens is 321 g/mol. The molecule has 0 N–H and O–H groups in total. The second-order valence-corrected chi connectivity index (χ2v) is 5.30. The van der Waals surface area contributed by atoms with Crippen molar-refractivity contribution < 1.29 is 22.7 Å². The average molecular weight is 334 g/mol. The first kappa shape index (κ1) is 16.0. The van der Waals surface area contributed by atoms with E-state index in [2.05, 4.69) is 4.98 Å². The van der Waals surface area contributed by atoms with E-state index in [0.717, 1.165) is 17.8 Å². The molecule has 2 heterocycles. The molecule has 0 saturated carbocycles. The molecule has 4 nitrogen and oxygen atoms in total. The topological polar surface area (TPSA) is 43.6 Å². The lowest BCUT2D eigenvalue weighted by molar-refractivity contribution is -0.137. The third-order valence-corrected chi connectivity index (χ3v) is 3.53. The minimum Gasteiger partial charge on any atom is -0.456 e. The van der Waals surface area contributed by atoms with Gasteiger partial charge in [-0.15, -0.1) is 0 Å². The normalized spacial score (nSPS) is 11.7. The molecule has 0 aliphatic heterocycles. The zero-order valence-corrected chi connectivity index (χ0v) is 12.7. The van der Waals surface area contributed by atoms with E-state index in [1.807, 2.05) is 19.1 Å². The lowest BCUT2D eigenvalue weighted by Gasteiger charge is -2.08. The lowest BCUT2D eigenvalue weighted by Crippen LogP contribution is -2.08. The van der Waals surface area contributed by atoms with Crippen molar-refractivity contribution in [2.45, 2.75) is 19.7 Å². The number of aromatic nitrogens is 2. The Labute approximate surface area is 135 Å². The van der Waals surface area contributed by atoms with E-state index in [1.54, 1.807) is 16.7 Å². The van der Waals surface area contributed by atoms with Gasteiger partial charge < -0.3 is 9.14 Å². The number of alkyl halides is 3. The zero-order valence-electron chi connectivity index (χ0n) is 12.7. The number of fused-ring (bicyclic) bond motifs is 1. The maximum absolute atomic E-state index is 12.7. The number of hydrogen-bond acceptors (Lipinski definition) is 3. The Morgan fingerprint density at radius 1 is 1.21 bits per heavy atom. The first-order chi connectivity index (χ1) is 11.3. The van der Waals surface area contributed by atoms with Crippen LogP contribution in [0.5, 0.6) is 0 Å². The molecule has 0 unspecified atom stereocenters. The van der Waals surface area contributed by atoms with Crippen LogP contribution in [0.2, 0.25) is 0 Å². The first-order valence-corrected chi connectivity index (χ1v) is 7.12. The Bertz CT molecular complexity index is 900. The summed E-state index contributed by atoms with van der Waals surface area (Å²) in [6.07, 6.45) is -2.89. The number of rotatable bonds is 3. The van der Waals surface area contributed by atoms with Crippen molar-refractivity contribution in [2.75, 3.05) is 0 Å². The Morgan fingerprint density at radius 3 is 2.67 bits per heavy atom. The number of imidazole rings is 1. The van der Waals surface area contributed by atoms with Crippen LogP contribution in [0, 0.1) is 6.92 Å². The van der Waals surface area contributed by atoms with Gasteiger partial charge in [0.1, 0.15) is 12.3 Å². The third kappa shape index (κ3) is 3.24. The van der Waals surface area contributed by atoms with Gasteiger partial charge in [-0.1, -0.05) is 18.2 Å². The Hall–Kier alpha value is -2.83. The first-order valence-electron chi connectivity index (χ1n) is 7.12. The van der Waals surface area contributed by atoms with Crippen molar-refractivity contribution >= 4 is 11.6 Å². The molecule has 24 heavy (non-hydrogen) atoms. The summed E-state index contributed by atoms with van der Waals surface area (Å²) in [5, 5.41) is 0. The van der Waals surface area contributed by atoms with Crippen LogP contribution in [0.4, 0.5) is 13.2 Å². The maximum Gasteiger partial charge on any atom is 0.416 e. The highest BCUT2D eigenvalue weighted by Gasteiger charge is 2.30. The van der Waals surface area contributed by atoms with Crippen molar-refractivity contribution in [2.24, 2.45) is 0 Å². The summed E-state index contributed by atoms with van der Waals surface area (Å²) >= 11 is 0. The summed E-state index contributed by atoms with van der Waals surface area (Å²) in [5.41, 5.74) is 1.09. The summed E-state index contributed by atoms with van der Waals surface area (Å²) in [5.74, 6) is -0.685. The van der Waals surface area contributed by atoms with Crippen LogP contribution in [0.3, 0.4) is 0 Å². The molecule has 0 atom stereocenters. The van der Waals surface area contributed by atoms with Crippen molar-refractivity contribution in [1.82, 2.24) is 9.38 Å². The van der Waals surface area contributed by atoms with Gasteiger partial charge in [-0.3, -0.25) is 0 Å². The van der Waals surface area contributed by atoms with Gasteiger partial charge in [-0.25, -0.2) is 9.78 Å². The van der Waals surface area contributed by atoms with Crippen LogP contribution in [-0.4, -0.2) is 15.4 Å². The quantitative estimate of drug-likeness (QED) is 0.680. The van der Waals surface area contributed by atoms with Gasteiger partial charge in [0.25, 0.3) is 0 Å². The average Bonchev–Trinajstić information content (AvgIpc) is 2.98. The fourth-order valence-corrected chi connectivity index (χ4v) is 2.31. The summed E-state index contributed by atoms with van der Waals surface area (Å²) < 4.78 is 44.8. The summed E-state index contributed by atoms with van der Waals surface area (Å²) in [6, 6.07) is 10.1. The standard InChI is InChI=1S/C17H13F3N2O2/c1-11-4-2-7-15-21-14(9-22(11)15)16(23)24-10-12-5-3-6-13(8-12)17(18,19)20/h2-9H,10H2,1H3. The number of hydrogen-bond donors (Lipinski definition) is 0. The van der Waals surface area contributed by atoms with Crippen molar-refractivity contribution in [3.05, 3.63) is 71.2 Å². The van der Waals surface area contributed by atoms with E-state index < -0.39 is 17.7 Å². The number of nitrogens with zero attached hydrogens (tertiary/aromatic N) is 2. The Morgan fingerprint density at radius 2 is 1.96 bits per heavy atom. The molecule has 0 bridgehead atoms. The van der Waals surface area contributed by atoms with Crippen molar-refractivity contribution in [3.8, 4) is 0 Å². The molecule has 0 aliphatic rings. The Kier molecular flexibility index (Phi) is 4.01. The van der Waals surface area contributed by atoms with Crippen LogP contribution >= 0.6 is 0 Å². The van der Waals surface area contributed by atoms with E-state index in [-0.39, 0.29) is 17.9 Å². The second kappa shape index (κ2) is 5.99. The van der Waals surface area contributed by atoms with E-state index in [4.69, 9.17) is 4.74 Å². The van der Waals surface area contributed by atoms with Gasteiger partial charge in [-0.05, 0) is 36.8 Å². The monoisotopic (exact) mass is 334 g/mol. The van der Waals surface area contributed by atoms with Gasteiger partial charge in [-0.2, -0.15) is 13.2 Å². The van der Waals surface area contributed by atoms with Crippen molar-refractivity contribution in [3.63, 3.8) is 0 Å². The highest BCUT2D eigenvalue weighted by molar-refractivity contribution is 5.88. The zero-order chi connectivity index (χ0) is 17.3. The number of ether oxygens (including phenoxy) is 1. The second-order valence-electron chi connectivity index (χ2n) is 5.30. The van der Waals surface area contributed by atoms with Gasteiger partial charge in [0.15, 0.2) is 5.69 Å². The number of carbonyl (C=O) groups is 1. The fourth-order valence-electron chi connectivity index (χ4n) is 2.31. The highest BCUT2D eigenvalue weighted by Crippen LogP contribution is 2.29. The van der Waals surface area contributed by atoms with Crippen LogP contribution in [0.25, 0.3) is 5.65 Å². The summed E-state index contributed by atoms with van der Waals surface area (Å²) in [7, 11) is 0. The SMILES string of the molecule is Cc1cccc2nc(C(=O)OCc3cccc(C(F)(F)F)c3)cn12. The van der Waals surface area contributed by atoms with Gasteiger partial charge in [0.2, 0.25) is 0 Å². The molecular formula is C17H13F3N2O2. The summed E-state index contributed by atoms with van der Waals surface area (Å²) in [4.78, 5) is 16.2. The van der Waals surface area contributed by atoms with Crippen LogP contribution < -0.4 is 0 Å². The van der Waals surface area contributed by atoms with E-state index in [9.17, 15) is 18.0 Å². The molecule has 0 fully saturated rings. The number of pyridine rings is 1. The largest absolute Gasteiger partial charge is 0.456 e. The molecule has 0 amide bonds. The van der Waals surface area contributed by atoms with E-state index >= 15 is 0 Å². The molecule has 124 valence electrons. The maximum atomic E-state index is 12.7. The van der Waals surface area contributed by atoms with E-state index in [0.29, 0.717) is 5.65 Å². The van der Waals surface area contributed by atoms with Crippen LogP contribution in [-0.2, 0) is 17.5 Å². The molecule has 2 aromatic heterocycles. The molecule has 3 rings (SSSR count). The van der Waals surface area contributed by atoms with Gasteiger partial charge in [0, 0.05) is 11.9 Å². The molecule has 3 aromatic rings. The number of benzene rings is 1. The molecule has 7 heteroatoms. The van der Waals surface area contributed by atoms with Gasteiger partial charge >= 0.3 is 12.1 Å². The summed E-state index contributed by atoms with van der Waals surface area (Å²) in [6.45, 7) is 1.61.